The Morgan fingerprint density at radius 1 is 1.14 bits per heavy atom. The second-order valence-electron chi connectivity index (χ2n) is 6.76. The molecule has 0 bridgehead atoms. The Morgan fingerprint density at radius 2 is 1.86 bits per heavy atom. The van der Waals surface area contributed by atoms with Crippen molar-refractivity contribution in [2.75, 3.05) is 38.0 Å². The average Bonchev–Trinajstić information content (AvgIpc) is 3.25. The maximum Gasteiger partial charge on any atom is 0.255 e. The van der Waals surface area contributed by atoms with Gasteiger partial charge >= 0.3 is 0 Å². The van der Waals surface area contributed by atoms with E-state index in [-0.39, 0.29) is 29.3 Å². The topological polar surface area (TPSA) is 90.9 Å². The van der Waals surface area contributed by atoms with E-state index in [1.54, 1.807) is 24.3 Å². The molecule has 29 heavy (non-hydrogen) atoms. The molecule has 1 amide bonds. The van der Waals surface area contributed by atoms with E-state index in [9.17, 15) is 13.2 Å². The van der Waals surface area contributed by atoms with Gasteiger partial charge in [-0.15, -0.1) is 0 Å². The third-order valence-corrected chi connectivity index (χ3v) is 6.30. The molecule has 1 saturated heterocycles. The highest BCUT2D eigenvalue weighted by Gasteiger charge is 2.17. The maximum atomic E-state index is 12.4. The quantitative estimate of drug-likeness (QED) is 0.672. The zero-order chi connectivity index (χ0) is 20.7. The van der Waals surface area contributed by atoms with Crippen LogP contribution in [-0.2, 0) is 19.3 Å². The summed E-state index contributed by atoms with van der Waals surface area (Å²) in [5.74, 6) is 0.291. The third kappa shape index (κ3) is 6.03. The molecule has 7 nitrogen and oxygen atoms in total. The van der Waals surface area contributed by atoms with Crippen molar-refractivity contribution >= 4 is 21.4 Å². The smallest absolute Gasteiger partial charge is 0.255 e. The van der Waals surface area contributed by atoms with Gasteiger partial charge in [0.1, 0.15) is 12.4 Å². The Hall–Kier alpha value is -2.42. The zero-order valence-electron chi connectivity index (χ0n) is 16.3. The molecular weight excluding hydrogens is 394 g/mol. The first-order chi connectivity index (χ1) is 14.0. The molecule has 0 radical (unpaired) electrons. The Bertz CT molecular complexity index is 903. The SMILES string of the molecule is COCCS(=O)(=O)c1ccc(C(=O)Nc2ccc(OCC3CCCO3)cc2)cc1. The molecule has 1 fully saturated rings. The Labute approximate surface area is 170 Å². The van der Waals surface area contributed by atoms with Gasteiger partial charge in [0.15, 0.2) is 9.84 Å². The van der Waals surface area contributed by atoms with Gasteiger partial charge in [0.05, 0.1) is 23.4 Å². The summed E-state index contributed by atoms with van der Waals surface area (Å²) in [4.78, 5) is 12.6. The number of hydrogen-bond acceptors (Lipinski definition) is 6. The van der Waals surface area contributed by atoms with Crippen molar-refractivity contribution in [2.45, 2.75) is 23.8 Å². The molecule has 1 unspecified atom stereocenters. The van der Waals surface area contributed by atoms with Crippen molar-refractivity contribution in [3.05, 3.63) is 54.1 Å². The zero-order valence-corrected chi connectivity index (χ0v) is 17.1. The highest BCUT2D eigenvalue weighted by Crippen LogP contribution is 2.19. The summed E-state index contributed by atoms with van der Waals surface area (Å²) in [5, 5.41) is 2.79. The Balaban J connectivity index is 1.55. The van der Waals surface area contributed by atoms with Gasteiger partial charge in [-0.25, -0.2) is 8.42 Å². The molecule has 0 aliphatic carbocycles. The van der Waals surface area contributed by atoms with Crippen LogP contribution >= 0.6 is 0 Å². The molecule has 1 aliphatic rings. The fourth-order valence-corrected chi connectivity index (χ4v) is 4.10. The minimum atomic E-state index is -3.42. The summed E-state index contributed by atoms with van der Waals surface area (Å²) < 4.78 is 40.3. The summed E-state index contributed by atoms with van der Waals surface area (Å²) in [6, 6.07) is 12.9. The van der Waals surface area contributed by atoms with E-state index < -0.39 is 9.84 Å². The van der Waals surface area contributed by atoms with Crippen molar-refractivity contribution in [1.82, 2.24) is 0 Å². The molecule has 0 aromatic heterocycles. The van der Waals surface area contributed by atoms with Crippen LogP contribution in [0.3, 0.4) is 0 Å². The molecule has 1 heterocycles. The van der Waals surface area contributed by atoms with Crippen molar-refractivity contribution in [3.8, 4) is 5.75 Å². The number of hydrogen-bond donors (Lipinski definition) is 1. The van der Waals surface area contributed by atoms with Gasteiger partial charge in [-0.1, -0.05) is 0 Å². The fraction of sp³-hybridized carbons (Fsp3) is 0.381. The van der Waals surface area contributed by atoms with E-state index in [2.05, 4.69) is 5.32 Å². The summed E-state index contributed by atoms with van der Waals surface area (Å²) in [6.07, 6.45) is 2.23. The monoisotopic (exact) mass is 419 g/mol. The van der Waals surface area contributed by atoms with Crippen LogP contribution in [0.2, 0.25) is 0 Å². The van der Waals surface area contributed by atoms with E-state index in [0.29, 0.717) is 23.6 Å². The molecule has 8 heteroatoms. The maximum absolute atomic E-state index is 12.4. The number of amides is 1. The minimum Gasteiger partial charge on any atom is -0.491 e. The lowest BCUT2D eigenvalue weighted by atomic mass is 10.2. The van der Waals surface area contributed by atoms with E-state index in [1.807, 2.05) is 0 Å². The lowest BCUT2D eigenvalue weighted by Gasteiger charge is -2.12. The fourth-order valence-electron chi connectivity index (χ4n) is 2.93. The number of nitrogens with one attached hydrogen (secondary N) is 1. The van der Waals surface area contributed by atoms with Crippen LogP contribution in [-0.4, -0.2) is 53.1 Å². The van der Waals surface area contributed by atoms with Gasteiger partial charge in [0.25, 0.3) is 5.91 Å². The predicted octanol–water partition coefficient (Wildman–Crippen LogP) is 2.92. The lowest BCUT2D eigenvalue weighted by molar-refractivity contribution is 0.0679. The standard InChI is InChI=1S/C21H25NO6S/c1-26-13-14-29(24,25)20-10-4-16(5-11-20)21(23)22-17-6-8-18(9-7-17)28-15-19-3-2-12-27-19/h4-11,19H,2-3,12-15H2,1H3,(H,22,23). The molecule has 3 rings (SSSR count). The van der Waals surface area contributed by atoms with Gasteiger partial charge in [0.2, 0.25) is 0 Å². The van der Waals surface area contributed by atoms with E-state index in [0.717, 1.165) is 19.4 Å². The van der Waals surface area contributed by atoms with Crippen LogP contribution in [0.4, 0.5) is 5.69 Å². The predicted molar refractivity (Wildman–Crippen MR) is 109 cm³/mol. The molecule has 2 aromatic rings. The summed E-state index contributed by atoms with van der Waals surface area (Å²) in [7, 11) is -1.97. The molecule has 0 saturated carbocycles. The summed E-state index contributed by atoms with van der Waals surface area (Å²) in [5.41, 5.74) is 0.991. The van der Waals surface area contributed by atoms with Crippen molar-refractivity contribution in [2.24, 2.45) is 0 Å². The van der Waals surface area contributed by atoms with Crippen molar-refractivity contribution in [3.63, 3.8) is 0 Å². The van der Waals surface area contributed by atoms with Gasteiger partial charge in [-0.3, -0.25) is 4.79 Å². The van der Waals surface area contributed by atoms with Gasteiger partial charge in [-0.2, -0.15) is 0 Å². The van der Waals surface area contributed by atoms with Crippen LogP contribution in [0, 0.1) is 0 Å². The first-order valence-electron chi connectivity index (χ1n) is 9.45. The first-order valence-corrected chi connectivity index (χ1v) is 11.1. The van der Waals surface area contributed by atoms with E-state index in [4.69, 9.17) is 14.2 Å². The molecule has 1 atom stereocenters. The average molecular weight is 419 g/mol. The van der Waals surface area contributed by atoms with Gasteiger partial charge in [-0.05, 0) is 61.4 Å². The highest BCUT2D eigenvalue weighted by molar-refractivity contribution is 7.91. The number of carbonyl (C=O) groups excluding carboxylic acids is 1. The molecule has 0 spiro atoms. The first kappa shape index (κ1) is 21.3. The van der Waals surface area contributed by atoms with Crippen LogP contribution in [0.5, 0.6) is 5.75 Å². The number of rotatable bonds is 9. The van der Waals surface area contributed by atoms with Crippen LogP contribution in [0.1, 0.15) is 23.2 Å². The lowest BCUT2D eigenvalue weighted by Crippen LogP contribution is -2.16. The second kappa shape index (κ2) is 9.87. The number of methoxy groups -OCH3 is 1. The molecule has 1 N–H and O–H groups in total. The van der Waals surface area contributed by atoms with Crippen molar-refractivity contribution < 1.29 is 27.4 Å². The second-order valence-corrected chi connectivity index (χ2v) is 8.87. The van der Waals surface area contributed by atoms with Crippen LogP contribution in [0.15, 0.2) is 53.4 Å². The van der Waals surface area contributed by atoms with Crippen molar-refractivity contribution in [1.29, 1.82) is 0 Å². The summed E-state index contributed by atoms with van der Waals surface area (Å²) >= 11 is 0. The largest absolute Gasteiger partial charge is 0.491 e. The highest BCUT2D eigenvalue weighted by atomic mass is 32.2. The number of ether oxygens (including phenoxy) is 3. The number of carbonyl (C=O) groups is 1. The normalized spacial score (nSPS) is 16.5. The van der Waals surface area contributed by atoms with Crippen LogP contribution in [0.25, 0.3) is 0 Å². The van der Waals surface area contributed by atoms with Crippen LogP contribution < -0.4 is 10.1 Å². The molecule has 156 valence electrons. The number of anilines is 1. The summed E-state index contributed by atoms with van der Waals surface area (Å²) in [6.45, 7) is 1.43. The number of benzene rings is 2. The molecule has 1 aliphatic heterocycles. The van der Waals surface area contributed by atoms with E-state index >= 15 is 0 Å². The van der Waals surface area contributed by atoms with Gasteiger partial charge in [0, 0.05) is 25.0 Å². The molecule has 2 aromatic carbocycles. The Kier molecular flexibility index (Phi) is 7.24. The molecular formula is C21H25NO6S. The van der Waals surface area contributed by atoms with E-state index in [1.165, 1.54) is 31.4 Å². The third-order valence-electron chi connectivity index (χ3n) is 4.60. The minimum absolute atomic E-state index is 0.101. The number of sulfone groups is 1. The van der Waals surface area contributed by atoms with Gasteiger partial charge < -0.3 is 19.5 Å². The Morgan fingerprint density at radius 3 is 2.48 bits per heavy atom.